The summed E-state index contributed by atoms with van der Waals surface area (Å²) in [5.41, 5.74) is 2.06. The lowest BCUT2D eigenvalue weighted by atomic mass is 10.2. The molecule has 0 saturated carbocycles. The molecular formula is C26H35N3O5. The van der Waals surface area contributed by atoms with Gasteiger partial charge in [-0.2, -0.15) is 0 Å². The van der Waals surface area contributed by atoms with Crippen LogP contribution in [0.25, 0.3) is 0 Å². The van der Waals surface area contributed by atoms with E-state index in [1.165, 1.54) is 0 Å². The van der Waals surface area contributed by atoms with Gasteiger partial charge in [0, 0.05) is 31.6 Å². The Hall–Kier alpha value is -3.55. The van der Waals surface area contributed by atoms with Gasteiger partial charge in [-0.15, -0.1) is 0 Å². The smallest absolute Gasteiger partial charge is 0.407 e. The molecule has 0 aromatic heterocycles. The summed E-state index contributed by atoms with van der Waals surface area (Å²) in [5, 5.41) is 8.22. The Morgan fingerprint density at radius 1 is 0.882 bits per heavy atom. The van der Waals surface area contributed by atoms with Crippen LogP contribution in [-0.2, 0) is 20.9 Å². The van der Waals surface area contributed by atoms with E-state index < -0.39 is 11.7 Å². The minimum Gasteiger partial charge on any atom is -0.493 e. The number of para-hydroxylation sites is 1. The van der Waals surface area contributed by atoms with E-state index in [1.807, 2.05) is 43.3 Å². The molecule has 8 nitrogen and oxygen atoms in total. The predicted molar refractivity (Wildman–Crippen MR) is 132 cm³/mol. The Balaban J connectivity index is 1.61. The minimum atomic E-state index is -0.580. The highest BCUT2D eigenvalue weighted by Crippen LogP contribution is 2.16. The van der Waals surface area contributed by atoms with Gasteiger partial charge in [-0.3, -0.25) is 9.59 Å². The maximum atomic E-state index is 12.1. The van der Waals surface area contributed by atoms with Gasteiger partial charge in [0.15, 0.2) is 0 Å². The molecule has 8 heteroatoms. The molecule has 0 bridgehead atoms. The number of nitrogens with one attached hydrogen (secondary N) is 3. The molecule has 2 aromatic rings. The van der Waals surface area contributed by atoms with Crippen LogP contribution in [0.2, 0.25) is 0 Å². The summed E-state index contributed by atoms with van der Waals surface area (Å²) in [6, 6.07) is 15.0. The lowest BCUT2D eigenvalue weighted by molar-refractivity contribution is -0.121. The Kier molecular flexibility index (Phi) is 10.4. The maximum absolute atomic E-state index is 12.1. The maximum Gasteiger partial charge on any atom is 0.407 e. The van der Waals surface area contributed by atoms with E-state index in [-0.39, 0.29) is 24.8 Å². The monoisotopic (exact) mass is 469 g/mol. The van der Waals surface area contributed by atoms with Crippen molar-refractivity contribution < 1.29 is 23.9 Å². The lowest BCUT2D eigenvalue weighted by Gasteiger charge is -2.19. The summed E-state index contributed by atoms with van der Waals surface area (Å²) in [6.45, 7) is 8.39. The Bertz CT molecular complexity index is 952. The Morgan fingerprint density at radius 3 is 2.26 bits per heavy atom. The molecule has 0 atom stereocenters. The molecule has 184 valence electrons. The van der Waals surface area contributed by atoms with Crippen molar-refractivity contribution in [3.8, 4) is 5.75 Å². The van der Waals surface area contributed by atoms with Crippen LogP contribution in [0.3, 0.4) is 0 Å². The first-order chi connectivity index (χ1) is 16.1. The predicted octanol–water partition coefficient (Wildman–Crippen LogP) is 4.32. The second kappa shape index (κ2) is 13.2. The molecule has 34 heavy (non-hydrogen) atoms. The number of hydrogen-bond donors (Lipinski definition) is 3. The molecule has 2 aromatic carbocycles. The number of aryl methyl sites for hydroxylation is 1. The van der Waals surface area contributed by atoms with E-state index in [9.17, 15) is 14.4 Å². The number of rotatable bonds is 11. The van der Waals surface area contributed by atoms with E-state index in [0.717, 1.165) is 16.9 Å². The van der Waals surface area contributed by atoms with Crippen LogP contribution < -0.4 is 20.7 Å². The van der Waals surface area contributed by atoms with Gasteiger partial charge in [0.25, 0.3) is 0 Å². The van der Waals surface area contributed by atoms with Crippen molar-refractivity contribution in [3.63, 3.8) is 0 Å². The minimum absolute atomic E-state index is 0.0387. The molecule has 0 fully saturated rings. The summed E-state index contributed by atoms with van der Waals surface area (Å²) in [5.74, 6) is 0.586. The highest BCUT2D eigenvalue weighted by molar-refractivity contribution is 5.91. The van der Waals surface area contributed by atoms with Gasteiger partial charge < -0.3 is 25.4 Å². The zero-order valence-corrected chi connectivity index (χ0v) is 20.4. The summed E-state index contributed by atoms with van der Waals surface area (Å²) in [7, 11) is 0. The summed E-state index contributed by atoms with van der Waals surface area (Å²) in [4.78, 5) is 35.7. The van der Waals surface area contributed by atoms with E-state index in [0.29, 0.717) is 31.7 Å². The number of alkyl carbamates (subject to hydrolysis) is 1. The number of ether oxygens (including phenoxy) is 2. The lowest BCUT2D eigenvalue weighted by Crippen LogP contribution is -2.34. The largest absolute Gasteiger partial charge is 0.493 e. The van der Waals surface area contributed by atoms with Crippen LogP contribution in [0.15, 0.2) is 48.5 Å². The van der Waals surface area contributed by atoms with Gasteiger partial charge >= 0.3 is 6.09 Å². The molecule has 2 rings (SSSR count). The van der Waals surface area contributed by atoms with Crippen LogP contribution in [0.4, 0.5) is 10.5 Å². The molecule has 0 aliphatic carbocycles. The molecule has 0 aliphatic rings. The molecule has 0 aliphatic heterocycles. The van der Waals surface area contributed by atoms with Crippen molar-refractivity contribution in [1.29, 1.82) is 0 Å². The molecule has 0 spiro atoms. The van der Waals surface area contributed by atoms with Crippen LogP contribution >= 0.6 is 0 Å². The van der Waals surface area contributed by atoms with E-state index in [4.69, 9.17) is 9.47 Å². The fourth-order valence-electron chi connectivity index (χ4n) is 2.94. The van der Waals surface area contributed by atoms with Crippen molar-refractivity contribution >= 4 is 23.6 Å². The molecular weight excluding hydrogens is 434 g/mol. The highest BCUT2D eigenvalue weighted by atomic mass is 16.6. The highest BCUT2D eigenvalue weighted by Gasteiger charge is 2.15. The van der Waals surface area contributed by atoms with E-state index in [1.54, 1.807) is 32.9 Å². The van der Waals surface area contributed by atoms with E-state index in [2.05, 4.69) is 16.0 Å². The van der Waals surface area contributed by atoms with Crippen molar-refractivity contribution in [2.45, 2.75) is 59.1 Å². The second-order valence-corrected chi connectivity index (χ2v) is 8.92. The van der Waals surface area contributed by atoms with Gasteiger partial charge in [-0.25, -0.2) is 4.79 Å². The molecule has 0 saturated heterocycles. The van der Waals surface area contributed by atoms with E-state index >= 15 is 0 Å². The summed E-state index contributed by atoms with van der Waals surface area (Å²) < 4.78 is 10.8. The summed E-state index contributed by atoms with van der Waals surface area (Å²) in [6.07, 6.45) is 0.598. The number of carbonyl (C=O) groups is 3. The van der Waals surface area contributed by atoms with Gasteiger partial charge in [0.1, 0.15) is 11.4 Å². The standard InChI is InChI=1S/C26H35N3O5/c1-19-8-5-6-9-22(19)33-17-7-10-23(30)28-18-20-11-13-21(14-12-20)29-24(31)15-16-27-25(32)34-26(2,3)4/h5-6,8-9,11-14H,7,10,15-18H2,1-4H3,(H,27,32)(H,28,30)(H,29,31). The third-order valence-corrected chi connectivity index (χ3v) is 4.65. The molecule has 0 unspecified atom stereocenters. The van der Waals surface area contributed by atoms with Gasteiger partial charge in [-0.05, 0) is 63.4 Å². The van der Waals surface area contributed by atoms with Crippen LogP contribution in [0, 0.1) is 6.92 Å². The van der Waals surface area contributed by atoms with Crippen molar-refractivity contribution in [3.05, 3.63) is 59.7 Å². The molecule has 0 radical (unpaired) electrons. The van der Waals surface area contributed by atoms with Gasteiger partial charge in [0.05, 0.1) is 6.61 Å². The summed E-state index contributed by atoms with van der Waals surface area (Å²) >= 11 is 0. The first kappa shape index (κ1) is 26.7. The normalized spacial score (nSPS) is 10.8. The van der Waals surface area contributed by atoms with Crippen molar-refractivity contribution in [1.82, 2.24) is 10.6 Å². The third kappa shape index (κ3) is 10.8. The second-order valence-electron chi connectivity index (χ2n) is 8.92. The Labute approximate surface area is 201 Å². The number of hydrogen-bond acceptors (Lipinski definition) is 5. The number of amides is 3. The molecule has 3 N–H and O–H groups in total. The fraction of sp³-hybridized carbons (Fsp3) is 0.423. The zero-order chi connectivity index (χ0) is 25.0. The quantitative estimate of drug-likeness (QED) is 0.425. The zero-order valence-electron chi connectivity index (χ0n) is 20.4. The number of anilines is 1. The fourth-order valence-corrected chi connectivity index (χ4v) is 2.94. The number of carbonyl (C=O) groups excluding carboxylic acids is 3. The number of benzene rings is 2. The van der Waals surface area contributed by atoms with Gasteiger partial charge in [0.2, 0.25) is 11.8 Å². The first-order valence-electron chi connectivity index (χ1n) is 11.4. The topological polar surface area (TPSA) is 106 Å². The average molecular weight is 470 g/mol. The molecule has 3 amide bonds. The SMILES string of the molecule is Cc1ccccc1OCCCC(=O)NCc1ccc(NC(=O)CCNC(=O)OC(C)(C)C)cc1. The Morgan fingerprint density at radius 2 is 1.59 bits per heavy atom. The van der Waals surface area contributed by atoms with Crippen LogP contribution in [0.1, 0.15) is 51.2 Å². The van der Waals surface area contributed by atoms with Crippen LogP contribution in [0.5, 0.6) is 5.75 Å². The third-order valence-electron chi connectivity index (χ3n) is 4.65. The van der Waals surface area contributed by atoms with Crippen molar-refractivity contribution in [2.24, 2.45) is 0 Å². The molecule has 0 heterocycles. The van der Waals surface area contributed by atoms with Gasteiger partial charge in [-0.1, -0.05) is 30.3 Å². The van der Waals surface area contributed by atoms with Crippen molar-refractivity contribution in [2.75, 3.05) is 18.5 Å². The first-order valence-corrected chi connectivity index (χ1v) is 11.4. The van der Waals surface area contributed by atoms with Crippen LogP contribution in [-0.4, -0.2) is 36.7 Å². The average Bonchev–Trinajstić information content (AvgIpc) is 2.76.